The van der Waals surface area contributed by atoms with Crippen LogP contribution in [0.1, 0.15) is 40.0 Å². The first-order valence-electron chi connectivity index (χ1n) is 6.96. The van der Waals surface area contributed by atoms with Crippen LogP contribution in [-0.4, -0.2) is 42.6 Å². The topological polar surface area (TPSA) is 67.9 Å². The van der Waals surface area contributed by atoms with E-state index in [0.717, 1.165) is 19.3 Å². The van der Waals surface area contributed by atoms with E-state index >= 15 is 0 Å². The Labute approximate surface area is 115 Å². The molecule has 2 unspecified atom stereocenters. The first-order chi connectivity index (χ1) is 8.81. The van der Waals surface area contributed by atoms with Gasteiger partial charge in [-0.15, -0.1) is 0 Å². The number of hydrogen-bond acceptors (Lipinski definition) is 3. The second-order valence-electron chi connectivity index (χ2n) is 6.81. The minimum atomic E-state index is -0.392. The Balaban J connectivity index is 2.31. The smallest absolute Gasteiger partial charge is 0.346 e. The van der Waals surface area contributed by atoms with E-state index in [0.29, 0.717) is 24.9 Å². The maximum atomic E-state index is 12.1. The molecule has 1 aliphatic carbocycles. The molecule has 0 bridgehead atoms. The molecule has 0 aromatic rings. The van der Waals surface area contributed by atoms with Gasteiger partial charge in [0.05, 0.1) is 6.61 Å². The normalized spacial score (nSPS) is 33.9. The summed E-state index contributed by atoms with van der Waals surface area (Å²) in [7, 11) is 1.64. The Morgan fingerprint density at radius 3 is 2.74 bits per heavy atom. The molecule has 1 heterocycles. The molecule has 108 valence electrons. The number of amidine groups is 1. The van der Waals surface area contributed by atoms with Crippen molar-refractivity contribution in [1.82, 2.24) is 4.90 Å². The van der Waals surface area contributed by atoms with Crippen molar-refractivity contribution >= 4 is 11.9 Å². The van der Waals surface area contributed by atoms with Crippen LogP contribution in [0.3, 0.4) is 0 Å². The van der Waals surface area contributed by atoms with Crippen LogP contribution in [-0.2, 0) is 4.74 Å². The number of methoxy groups -OCH3 is 1. The summed E-state index contributed by atoms with van der Waals surface area (Å²) in [5.41, 5.74) is 5.91. The SMILES string of the molecule is COCCN1C(=O)N=C(N)C12CC(C)CC(C)(C)C2. The summed E-state index contributed by atoms with van der Waals surface area (Å²) in [6.07, 6.45) is 2.95. The molecule has 5 nitrogen and oxygen atoms in total. The van der Waals surface area contributed by atoms with Crippen LogP contribution in [0.15, 0.2) is 4.99 Å². The molecule has 19 heavy (non-hydrogen) atoms. The van der Waals surface area contributed by atoms with E-state index in [9.17, 15) is 4.79 Å². The molecule has 2 rings (SSSR count). The lowest BCUT2D eigenvalue weighted by atomic mass is 9.63. The molecule has 0 aromatic heterocycles. The predicted molar refractivity (Wildman–Crippen MR) is 75.1 cm³/mol. The molecule has 0 aromatic carbocycles. The van der Waals surface area contributed by atoms with Gasteiger partial charge in [-0.05, 0) is 30.6 Å². The summed E-state index contributed by atoms with van der Waals surface area (Å²) in [6, 6.07) is -0.209. The van der Waals surface area contributed by atoms with Gasteiger partial charge < -0.3 is 15.4 Å². The molecule has 1 spiro atoms. The van der Waals surface area contributed by atoms with Crippen LogP contribution in [0.4, 0.5) is 4.79 Å². The molecule has 1 saturated carbocycles. The van der Waals surface area contributed by atoms with Gasteiger partial charge in [0.1, 0.15) is 11.4 Å². The number of urea groups is 1. The van der Waals surface area contributed by atoms with Crippen molar-refractivity contribution < 1.29 is 9.53 Å². The summed E-state index contributed by atoms with van der Waals surface area (Å²) in [5, 5.41) is 0. The molecule has 0 saturated heterocycles. The van der Waals surface area contributed by atoms with E-state index in [4.69, 9.17) is 10.5 Å². The van der Waals surface area contributed by atoms with Gasteiger partial charge in [-0.1, -0.05) is 20.8 Å². The minimum Gasteiger partial charge on any atom is -0.385 e. The molecule has 2 aliphatic rings. The average Bonchev–Trinajstić information content (AvgIpc) is 2.45. The van der Waals surface area contributed by atoms with Crippen LogP contribution in [0.2, 0.25) is 0 Å². The van der Waals surface area contributed by atoms with Crippen LogP contribution < -0.4 is 5.73 Å². The van der Waals surface area contributed by atoms with Crippen LogP contribution >= 0.6 is 0 Å². The van der Waals surface area contributed by atoms with Crippen LogP contribution in [0, 0.1) is 11.3 Å². The molecule has 2 N–H and O–H groups in total. The second kappa shape index (κ2) is 4.78. The van der Waals surface area contributed by atoms with Gasteiger partial charge in [0, 0.05) is 13.7 Å². The van der Waals surface area contributed by atoms with E-state index in [1.807, 2.05) is 4.90 Å². The number of rotatable bonds is 3. The summed E-state index contributed by atoms with van der Waals surface area (Å²) >= 11 is 0. The fourth-order valence-corrected chi connectivity index (χ4v) is 4.01. The maximum Gasteiger partial charge on any atom is 0.346 e. The molecule has 5 heteroatoms. The number of amides is 2. The number of ether oxygens (including phenoxy) is 1. The molecule has 1 fully saturated rings. The summed E-state index contributed by atoms with van der Waals surface area (Å²) in [6.45, 7) is 7.80. The summed E-state index contributed by atoms with van der Waals surface area (Å²) in [4.78, 5) is 17.9. The van der Waals surface area contributed by atoms with Crippen LogP contribution in [0.25, 0.3) is 0 Å². The third-order valence-corrected chi connectivity index (χ3v) is 4.32. The number of aliphatic imine (C=N–C) groups is 1. The van der Waals surface area contributed by atoms with Crippen molar-refractivity contribution in [2.45, 2.75) is 45.6 Å². The van der Waals surface area contributed by atoms with Crippen molar-refractivity contribution in [3.05, 3.63) is 0 Å². The third kappa shape index (κ3) is 2.48. The monoisotopic (exact) mass is 267 g/mol. The third-order valence-electron chi connectivity index (χ3n) is 4.32. The Hall–Kier alpha value is -1.10. The van der Waals surface area contributed by atoms with Gasteiger partial charge in [0.2, 0.25) is 0 Å². The number of nitrogens with two attached hydrogens (primary N) is 1. The number of hydrogen-bond donors (Lipinski definition) is 1. The Morgan fingerprint density at radius 1 is 1.47 bits per heavy atom. The van der Waals surface area contributed by atoms with Crippen molar-refractivity contribution in [3.63, 3.8) is 0 Å². The predicted octanol–water partition coefficient (Wildman–Crippen LogP) is 2.01. The fourth-order valence-electron chi connectivity index (χ4n) is 4.01. The van der Waals surface area contributed by atoms with Crippen molar-refractivity contribution in [2.24, 2.45) is 22.1 Å². The van der Waals surface area contributed by atoms with Gasteiger partial charge in [-0.25, -0.2) is 4.79 Å². The van der Waals surface area contributed by atoms with Crippen molar-refractivity contribution in [1.29, 1.82) is 0 Å². The van der Waals surface area contributed by atoms with Crippen molar-refractivity contribution in [2.75, 3.05) is 20.3 Å². The second-order valence-corrected chi connectivity index (χ2v) is 6.81. The molecule has 2 amide bonds. The van der Waals surface area contributed by atoms with E-state index < -0.39 is 5.54 Å². The van der Waals surface area contributed by atoms with Gasteiger partial charge in [-0.3, -0.25) is 0 Å². The highest BCUT2D eigenvalue weighted by Crippen LogP contribution is 2.48. The zero-order valence-corrected chi connectivity index (χ0v) is 12.4. The highest BCUT2D eigenvalue weighted by atomic mass is 16.5. The molecule has 2 atom stereocenters. The maximum absolute atomic E-state index is 12.1. The molecular weight excluding hydrogens is 242 g/mol. The summed E-state index contributed by atoms with van der Waals surface area (Å²) < 4.78 is 5.11. The molecule has 1 aliphatic heterocycles. The van der Waals surface area contributed by atoms with Gasteiger partial charge in [0.25, 0.3) is 0 Å². The first kappa shape index (κ1) is 14.3. The quantitative estimate of drug-likeness (QED) is 0.850. The number of nitrogens with zero attached hydrogens (tertiary/aromatic N) is 2. The number of carbonyl (C=O) groups is 1. The van der Waals surface area contributed by atoms with E-state index in [-0.39, 0.29) is 11.4 Å². The van der Waals surface area contributed by atoms with Gasteiger partial charge >= 0.3 is 6.03 Å². The standard InChI is InChI=1S/C14H25N3O2/c1-10-7-13(2,3)9-14(8-10)11(15)16-12(18)17(14)5-6-19-4/h10H,5-9H2,1-4H3,(H2,15,16,18). The minimum absolute atomic E-state index is 0.174. The average molecular weight is 267 g/mol. The highest BCUT2D eigenvalue weighted by Gasteiger charge is 2.54. The Morgan fingerprint density at radius 2 is 2.16 bits per heavy atom. The van der Waals surface area contributed by atoms with Crippen molar-refractivity contribution in [3.8, 4) is 0 Å². The zero-order chi connectivity index (χ0) is 14.3. The number of carbonyl (C=O) groups excluding carboxylic acids is 1. The van der Waals surface area contributed by atoms with E-state index in [1.54, 1.807) is 7.11 Å². The Bertz CT molecular complexity index is 405. The zero-order valence-electron chi connectivity index (χ0n) is 12.4. The first-order valence-corrected chi connectivity index (χ1v) is 6.96. The molecule has 0 radical (unpaired) electrons. The van der Waals surface area contributed by atoms with Gasteiger partial charge in [-0.2, -0.15) is 4.99 Å². The molecular formula is C14H25N3O2. The fraction of sp³-hybridized carbons (Fsp3) is 0.857. The summed E-state index contributed by atoms with van der Waals surface area (Å²) in [5.74, 6) is 1.03. The van der Waals surface area contributed by atoms with Crippen LogP contribution in [0.5, 0.6) is 0 Å². The van der Waals surface area contributed by atoms with E-state index in [1.165, 1.54) is 0 Å². The lowest BCUT2D eigenvalue weighted by molar-refractivity contribution is 0.0453. The Kier molecular flexibility index (Phi) is 3.60. The van der Waals surface area contributed by atoms with Gasteiger partial charge in [0.15, 0.2) is 0 Å². The lowest BCUT2D eigenvalue weighted by Crippen LogP contribution is -2.60. The largest absolute Gasteiger partial charge is 0.385 e. The lowest BCUT2D eigenvalue weighted by Gasteiger charge is -2.49. The van der Waals surface area contributed by atoms with E-state index in [2.05, 4.69) is 25.8 Å². The highest BCUT2D eigenvalue weighted by molar-refractivity contribution is 6.06.